The molecule has 0 bridgehead atoms. The molecule has 0 radical (unpaired) electrons. The van der Waals surface area contributed by atoms with E-state index < -0.39 is 11.6 Å². The number of nitrogens with zero attached hydrogens (tertiary/aromatic N) is 5. The highest BCUT2D eigenvalue weighted by Gasteiger charge is 2.24. The van der Waals surface area contributed by atoms with Gasteiger partial charge in [0, 0.05) is 50.1 Å². The lowest BCUT2D eigenvalue weighted by Crippen LogP contribution is -2.42. The Hall–Kier alpha value is -3.92. The molecule has 1 N–H and O–H groups in total. The van der Waals surface area contributed by atoms with Gasteiger partial charge in [0.1, 0.15) is 17.2 Å². The number of pyridine rings is 1. The van der Waals surface area contributed by atoms with Gasteiger partial charge in [0.15, 0.2) is 5.82 Å². The van der Waals surface area contributed by atoms with E-state index in [2.05, 4.69) is 15.3 Å². The van der Waals surface area contributed by atoms with E-state index in [0.29, 0.717) is 51.3 Å². The second kappa shape index (κ2) is 11.2. The average Bonchev–Trinajstić information content (AvgIpc) is 2.92. The van der Waals surface area contributed by atoms with Crippen LogP contribution in [0, 0.1) is 11.6 Å². The Kier molecular flexibility index (Phi) is 7.59. The van der Waals surface area contributed by atoms with Crippen LogP contribution in [0.25, 0.3) is 21.8 Å². The third-order valence-corrected chi connectivity index (χ3v) is 6.82. The number of nitrogens with one attached hydrogen (secondary N) is 1. The van der Waals surface area contributed by atoms with E-state index in [4.69, 9.17) is 9.72 Å². The van der Waals surface area contributed by atoms with Gasteiger partial charge in [0.2, 0.25) is 11.9 Å². The number of ether oxygens (including phenoxy) is 1. The van der Waals surface area contributed by atoms with E-state index in [1.807, 2.05) is 53.2 Å². The molecule has 4 aromatic rings. The van der Waals surface area contributed by atoms with Crippen LogP contribution in [0.4, 0.5) is 20.5 Å². The van der Waals surface area contributed by atoms with E-state index in [9.17, 15) is 13.6 Å². The lowest BCUT2D eigenvalue weighted by atomic mass is 10.0. The van der Waals surface area contributed by atoms with Gasteiger partial charge in [-0.2, -0.15) is 4.98 Å². The predicted molar refractivity (Wildman–Crippen MR) is 143 cm³/mol. The SMILES string of the molecule is COCCC(=O)N1CCC(Nc2nc(N(C)Cc3ccc4ccccc4n3)c3cc(F)cc(F)c3n2)CC1. The Morgan fingerprint density at radius 2 is 1.89 bits per heavy atom. The number of hydrogen-bond acceptors (Lipinski definition) is 7. The van der Waals surface area contributed by atoms with Gasteiger partial charge in [0.05, 0.1) is 30.8 Å². The average molecular weight is 521 g/mol. The number of fused-ring (bicyclic) bond motifs is 2. The molecule has 0 saturated carbocycles. The van der Waals surface area contributed by atoms with Crippen LogP contribution in [0.1, 0.15) is 25.0 Å². The fraction of sp³-hybridized carbons (Fsp3) is 0.357. The van der Waals surface area contributed by atoms with E-state index >= 15 is 0 Å². The van der Waals surface area contributed by atoms with Gasteiger partial charge in [-0.25, -0.2) is 13.8 Å². The number of aromatic nitrogens is 3. The number of anilines is 2. The number of methoxy groups -OCH3 is 1. The molecule has 0 unspecified atom stereocenters. The number of benzene rings is 2. The number of carbonyl (C=O) groups excluding carboxylic acids is 1. The number of hydrogen-bond donors (Lipinski definition) is 1. The zero-order valence-corrected chi connectivity index (χ0v) is 21.5. The molecular weight excluding hydrogens is 490 g/mol. The van der Waals surface area contributed by atoms with E-state index in [-0.39, 0.29) is 28.8 Å². The maximum Gasteiger partial charge on any atom is 0.225 e. The molecule has 2 aromatic carbocycles. The zero-order chi connectivity index (χ0) is 26.6. The molecule has 1 amide bonds. The molecule has 3 heterocycles. The van der Waals surface area contributed by atoms with Gasteiger partial charge in [0.25, 0.3) is 0 Å². The highest BCUT2D eigenvalue weighted by atomic mass is 19.1. The van der Waals surface area contributed by atoms with Crippen molar-refractivity contribution in [1.29, 1.82) is 0 Å². The van der Waals surface area contributed by atoms with E-state index in [1.54, 1.807) is 7.11 Å². The van der Waals surface area contributed by atoms with Crippen LogP contribution in [0.15, 0.2) is 48.5 Å². The molecule has 0 atom stereocenters. The summed E-state index contributed by atoms with van der Waals surface area (Å²) in [5, 5.41) is 4.64. The molecule has 10 heteroatoms. The highest BCUT2D eigenvalue weighted by molar-refractivity contribution is 5.91. The molecule has 1 aliphatic rings. The topological polar surface area (TPSA) is 83.5 Å². The van der Waals surface area contributed by atoms with E-state index in [1.165, 1.54) is 6.07 Å². The van der Waals surface area contributed by atoms with Crippen molar-refractivity contribution >= 4 is 39.5 Å². The first kappa shape index (κ1) is 25.7. The third kappa shape index (κ3) is 5.65. The summed E-state index contributed by atoms with van der Waals surface area (Å²) in [4.78, 5) is 29.7. The fourth-order valence-electron chi connectivity index (χ4n) is 4.81. The molecule has 1 fully saturated rings. The first-order valence-corrected chi connectivity index (χ1v) is 12.7. The van der Waals surface area contributed by atoms with Crippen LogP contribution >= 0.6 is 0 Å². The summed E-state index contributed by atoms with van der Waals surface area (Å²) in [5.41, 5.74) is 1.72. The number of rotatable bonds is 8. The molecular formula is C28H30F2N6O2. The number of amides is 1. The molecule has 0 aliphatic carbocycles. The number of para-hydroxylation sites is 1. The van der Waals surface area contributed by atoms with Crippen molar-refractivity contribution in [2.24, 2.45) is 0 Å². The van der Waals surface area contributed by atoms with Crippen molar-refractivity contribution in [2.45, 2.75) is 31.8 Å². The Morgan fingerprint density at radius 1 is 1.11 bits per heavy atom. The zero-order valence-electron chi connectivity index (χ0n) is 21.5. The number of piperidine rings is 1. The normalized spacial score (nSPS) is 14.3. The molecule has 198 valence electrons. The summed E-state index contributed by atoms with van der Waals surface area (Å²) in [6, 6.07) is 13.9. The minimum absolute atomic E-state index is 0.0164. The summed E-state index contributed by atoms with van der Waals surface area (Å²) in [6.07, 6.45) is 1.77. The third-order valence-electron chi connectivity index (χ3n) is 6.82. The van der Waals surface area contributed by atoms with Crippen LogP contribution in [0.2, 0.25) is 0 Å². The van der Waals surface area contributed by atoms with Gasteiger partial charge >= 0.3 is 0 Å². The van der Waals surface area contributed by atoms with Crippen molar-refractivity contribution in [2.75, 3.05) is 44.1 Å². The minimum Gasteiger partial charge on any atom is -0.384 e. The molecule has 8 nitrogen and oxygen atoms in total. The van der Waals surface area contributed by atoms with Crippen LogP contribution in [0.3, 0.4) is 0 Å². The van der Waals surface area contributed by atoms with Gasteiger partial charge in [-0.15, -0.1) is 0 Å². The summed E-state index contributed by atoms with van der Waals surface area (Å²) in [6.45, 7) is 2.00. The van der Waals surface area contributed by atoms with Gasteiger partial charge in [-0.3, -0.25) is 9.78 Å². The quantitative estimate of drug-likeness (QED) is 0.365. The van der Waals surface area contributed by atoms with Crippen molar-refractivity contribution in [1.82, 2.24) is 19.9 Å². The predicted octanol–water partition coefficient (Wildman–Crippen LogP) is 4.53. The van der Waals surface area contributed by atoms with Crippen LogP contribution < -0.4 is 10.2 Å². The van der Waals surface area contributed by atoms with Crippen LogP contribution in [-0.4, -0.2) is 65.7 Å². The number of likely N-dealkylation sites (tertiary alicyclic amines) is 1. The van der Waals surface area contributed by atoms with Crippen molar-refractivity contribution in [3.8, 4) is 0 Å². The van der Waals surface area contributed by atoms with Crippen molar-refractivity contribution in [3.63, 3.8) is 0 Å². The lowest BCUT2D eigenvalue weighted by Gasteiger charge is -2.32. The van der Waals surface area contributed by atoms with Crippen molar-refractivity contribution in [3.05, 3.63) is 65.9 Å². The fourth-order valence-corrected chi connectivity index (χ4v) is 4.81. The standard InChI is InChI=1S/C28H30F2N6O2/c1-35(17-21-8-7-18-5-3-4-6-24(18)31-21)27-22-15-19(29)16-23(30)26(22)33-28(34-27)32-20-9-12-36(13-10-20)25(37)11-14-38-2/h3-8,15-16,20H,9-14,17H2,1-2H3,(H,32,33,34). The van der Waals surface area contributed by atoms with Gasteiger partial charge in [-0.1, -0.05) is 24.3 Å². The summed E-state index contributed by atoms with van der Waals surface area (Å²) >= 11 is 0. The smallest absolute Gasteiger partial charge is 0.225 e. The second-order valence-corrected chi connectivity index (χ2v) is 9.55. The maximum atomic E-state index is 14.8. The van der Waals surface area contributed by atoms with Gasteiger partial charge in [-0.05, 0) is 31.0 Å². The molecule has 5 rings (SSSR count). The number of carbonyl (C=O) groups is 1. The van der Waals surface area contributed by atoms with Crippen LogP contribution in [0.5, 0.6) is 0 Å². The Balaban J connectivity index is 1.38. The maximum absolute atomic E-state index is 14.8. The molecule has 2 aromatic heterocycles. The Bertz CT molecular complexity index is 1460. The first-order valence-electron chi connectivity index (χ1n) is 12.7. The molecule has 0 spiro atoms. The van der Waals surface area contributed by atoms with Crippen LogP contribution in [-0.2, 0) is 16.1 Å². The minimum atomic E-state index is -0.748. The number of halogens is 2. The summed E-state index contributed by atoms with van der Waals surface area (Å²) in [7, 11) is 3.39. The summed E-state index contributed by atoms with van der Waals surface area (Å²) < 4.78 is 34.1. The Morgan fingerprint density at radius 3 is 2.68 bits per heavy atom. The highest BCUT2D eigenvalue weighted by Crippen LogP contribution is 2.29. The van der Waals surface area contributed by atoms with Gasteiger partial charge < -0.3 is 19.9 Å². The van der Waals surface area contributed by atoms with E-state index in [0.717, 1.165) is 22.7 Å². The second-order valence-electron chi connectivity index (χ2n) is 9.55. The largest absolute Gasteiger partial charge is 0.384 e. The molecule has 1 aliphatic heterocycles. The monoisotopic (exact) mass is 520 g/mol. The Labute approximate surface area is 219 Å². The van der Waals surface area contributed by atoms with Crippen molar-refractivity contribution < 1.29 is 18.3 Å². The lowest BCUT2D eigenvalue weighted by molar-refractivity contribution is -0.133. The molecule has 38 heavy (non-hydrogen) atoms. The summed E-state index contributed by atoms with van der Waals surface area (Å²) in [5.74, 6) is -0.702. The molecule has 1 saturated heterocycles. The first-order chi connectivity index (χ1) is 18.4.